The molecule has 0 aromatic heterocycles. The zero-order valence-electron chi connectivity index (χ0n) is 11.9. The number of hydrogen-bond donors (Lipinski definition) is 0. The largest absolute Gasteiger partial charge is 0.462 e. The van der Waals surface area contributed by atoms with Gasteiger partial charge in [-0.3, -0.25) is 0 Å². The van der Waals surface area contributed by atoms with Gasteiger partial charge in [0.15, 0.2) is 0 Å². The van der Waals surface area contributed by atoms with E-state index in [0.717, 1.165) is 5.56 Å². The van der Waals surface area contributed by atoms with Gasteiger partial charge in [0.05, 0.1) is 18.5 Å². The SMILES string of the molecule is CCC(CN=O)(CN=O)COC(=O)/C=C/c1ccccc1. The maximum atomic E-state index is 11.7. The topological polar surface area (TPSA) is 85.2 Å². The number of ether oxygens (including phenoxy) is 1. The average molecular weight is 290 g/mol. The highest BCUT2D eigenvalue weighted by molar-refractivity contribution is 5.87. The van der Waals surface area contributed by atoms with Crippen molar-refractivity contribution < 1.29 is 9.53 Å². The van der Waals surface area contributed by atoms with Crippen molar-refractivity contribution in [3.8, 4) is 0 Å². The Morgan fingerprint density at radius 1 is 1.19 bits per heavy atom. The molecule has 0 heterocycles. The normalized spacial score (nSPS) is 11.3. The number of carbonyl (C=O) groups is 1. The molecule has 0 aliphatic heterocycles. The van der Waals surface area contributed by atoms with Gasteiger partial charge in [0, 0.05) is 6.08 Å². The standard InChI is InChI=1S/C15H18N2O4/c1-2-15(10-16-19,11-17-20)12-21-14(18)9-8-13-6-4-3-5-7-13/h3-9H,2,10-12H2,1H3/b9-8+. The first-order valence-corrected chi connectivity index (χ1v) is 6.64. The van der Waals surface area contributed by atoms with E-state index < -0.39 is 11.4 Å². The van der Waals surface area contributed by atoms with Gasteiger partial charge in [0.1, 0.15) is 6.61 Å². The lowest BCUT2D eigenvalue weighted by Gasteiger charge is -2.25. The van der Waals surface area contributed by atoms with E-state index in [1.807, 2.05) is 30.3 Å². The third-order valence-electron chi connectivity index (χ3n) is 3.28. The van der Waals surface area contributed by atoms with Crippen LogP contribution in [-0.2, 0) is 9.53 Å². The summed E-state index contributed by atoms with van der Waals surface area (Å²) in [6, 6.07) is 9.31. The van der Waals surface area contributed by atoms with Gasteiger partial charge in [-0.2, -0.15) is 9.81 Å². The van der Waals surface area contributed by atoms with Crippen molar-refractivity contribution in [1.29, 1.82) is 0 Å². The van der Waals surface area contributed by atoms with Crippen molar-refractivity contribution >= 4 is 12.0 Å². The third kappa shape index (κ3) is 5.64. The smallest absolute Gasteiger partial charge is 0.330 e. The highest BCUT2D eigenvalue weighted by atomic mass is 16.5. The molecule has 0 bridgehead atoms. The van der Waals surface area contributed by atoms with E-state index >= 15 is 0 Å². The second-order valence-corrected chi connectivity index (χ2v) is 4.78. The lowest BCUT2D eigenvalue weighted by molar-refractivity contribution is -0.141. The van der Waals surface area contributed by atoms with Gasteiger partial charge >= 0.3 is 5.97 Å². The van der Waals surface area contributed by atoms with Crippen molar-refractivity contribution in [2.75, 3.05) is 19.7 Å². The van der Waals surface area contributed by atoms with E-state index in [1.165, 1.54) is 6.08 Å². The lowest BCUT2D eigenvalue weighted by Crippen LogP contribution is -2.33. The Balaban J connectivity index is 2.59. The molecule has 1 aromatic rings. The molecule has 0 amide bonds. The summed E-state index contributed by atoms with van der Waals surface area (Å²) in [6.07, 6.45) is 3.41. The van der Waals surface area contributed by atoms with E-state index in [4.69, 9.17) is 4.74 Å². The van der Waals surface area contributed by atoms with Gasteiger partial charge in [-0.05, 0) is 18.1 Å². The molecule has 6 nitrogen and oxygen atoms in total. The fourth-order valence-electron chi connectivity index (χ4n) is 1.74. The van der Waals surface area contributed by atoms with Crippen molar-refractivity contribution in [2.24, 2.45) is 15.8 Å². The molecule has 0 saturated heterocycles. The Labute approximate surface area is 123 Å². The number of esters is 1. The van der Waals surface area contributed by atoms with Crippen LogP contribution in [0.25, 0.3) is 6.08 Å². The van der Waals surface area contributed by atoms with E-state index in [9.17, 15) is 14.6 Å². The first-order chi connectivity index (χ1) is 10.2. The van der Waals surface area contributed by atoms with Gasteiger partial charge in [-0.25, -0.2) is 4.79 Å². The Bertz CT molecular complexity index is 490. The van der Waals surface area contributed by atoms with Crippen LogP contribution in [0.15, 0.2) is 46.8 Å². The molecule has 0 spiro atoms. The molecule has 21 heavy (non-hydrogen) atoms. The minimum atomic E-state index is -0.806. The van der Waals surface area contributed by atoms with Crippen molar-refractivity contribution in [3.05, 3.63) is 51.8 Å². The van der Waals surface area contributed by atoms with Gasteiger partial charge < -0.3 is 4.74 Å². The second-order valence-electron chi connectivity index (χ2n) is 4.78. The van der Waals surface area contributed by atoms with E-state index in [-0.39, 0.29) is 19.7 Å². The summed E-state index contributed by atoms with van der Waals surface area (Å²) in [7, 11) is 0. The highest BCUT2D eigenvalue weighted by Crippen LogP contribution is 2.24. The minimum Gasteiger partial charge on any atom is -0.462 e. The number of nitroso groups, excluding NO2 is 2. The molecule has 0 unspecified atom stereocenters. The molecule has 112 valence electrons. The van der Waals surface area contributed by atoms with Crippen LogP contribution in [-0.4, -0.2) is 25.7 Å². The molecule has 1 aromatic carbocycles. The molecule has 0 saturated carbocycles. The summed E-state index contributed by atoms with van der Waals surface area (Å²) in [5.41, 5.74) is 0.0695. The zero-order valence-corrected chi connectivity index (χ0v) is 11.9. The molecule has 0 radical (unpaired) electrons. The summed E-state index contributed by atoms with van der Waals surface area (Å²) in [6.45, 7) is 1.53. The van der Waals surface area contributed by atoms with Crippen LogP contribution in [0.2, 0.25) is 0 Å². The molecule has 0 fully saturated rings. The molecular formula is C15H18N2O4. The summed E-state index contributed by atoms with van der Waals surface area (Å²) in [5.74, 6) is -0.534. The number of benzene rings is 1. The number of hydrogen-bond acceptors (Lipinski definition) is 6. The van der Waals surface area contributed by atoms with Crippen molar-refractivity contribution in [1.82, 2.24) is 0 Å². The van der Waals surface area contributed by atoms with Crippen LogP contribution < -0.4 is 0 Å². The van der Waals surface area contributed by atoms with Gasteiger partial charge in [0.25, 0.3) is 0 Å². The summed E-state index contributed by atoms with van der Waals surface area (Å²) in [4.78, 5) is 32.6. The average Bonchev–Trinajstić information content (AvgIpc) is 2.52. The predicted molar refractivity (Wildman–Crippen MR) is 80.5 cm³/mol. The van der Waals surface area contributed by atoms with Crippen LogP contribution in [0.1, 0.15) is 18.9 Å². The van der Waals surface area contributed by atoms with Crippen LogP contribution in [0.5, 0.6) is 0 Å². The number of nitrogens with zero attached hydrogens (tertiary/aromatic N) is 2. The fraction of sp³-hybridized carbons (Fsp3) is 0.400. The van der Waals surface area contributed by atoms with Crippen LogP contribution in [0, 0.1) is 15.2 Å². The number of rotatable bonds is 9. The monoisotopic (exact) mass is 290 g/mol. The first kappa shape index (κ1) is 16.7. The Morgan fingerprint density at radius 2 is 1.81 bits per heavy atom. The van der Waals surface area contributed by atoms with Crippen LogP contribution in [0.3, 0.4) is 0 Å². The Kier molecular flexibility index (Phi) is 6.94. The number of carbonyl (C=O) groups excluding carboxylic acids is 1. The quantitative estimate of drug-likeness (QED) is 0.397. The molecule has 0 N–H and O–H groups in total. The molecule has 0 aliphatic rings. The van der Waals surface area contributed by atoms with E-state index in [1.54, 1.807) is 13.0 Å². The summed E-state index contributed by atoms with van der Waals surface area (Å²) in [5, 5.41) is 5.62. The predicted octanol–water partition coefficient (Wildman–Crippen LogP) is 3.17. The Morgan fingerprint density at radius 3 is 2.33 bits per heavy atom. The summed E-state index contributed by atoms with van der Waals surface area (Å²) < 4.78 is 5.10. The zero-order chi connectivity index (χ0) is 15.6. The Hall–Kier alpha value is -2.37. The highest BCUT2D eigenvalue weighted by Gasteiger charge is 2.31. The maximum Gasteiger partial charge on any atom is 0.330 e. The first-order valence-electron chi connectivity index (χ1n) is 6.64. The third-order valence-corrected chi connectivity index (χ3v) is 3.28. The van der Waals surface area contributed by atoms with E-state index in [2.05, 4.69) is 10.4 Å². The van der Waals surface area contributed by atoms with Crippen molar-refractivity contribution in [2.45, 2.75) is 13.3 Å². The van der Waals surface area contributed by atoms with Crippen LogP contribution in [0.4, 0.5) is 0 Å². The molecule has 0 atom stereocenters. The van der Waals surface area contributed by atoms with Gasteiger partial charge in [-0.15, -0.1) is 0 Å². The molecule has 0 aliphatic carbocycles. The molecule has 1 rings (SSSR count). The lowest BCUT2D eigenvalue weighted by atomic mass is 9.86. The minimum absolute atomic E-state index is 0.0566. The van der Waals surface area contributed by atoms with E-state index in [0.29, 0.717) is 6.42 Å². The van der Waals surface area contributed by atoms with Crippen LogP contribution >= 0.6 is 0 Å². The van der Waals surface area contributed by atoms with Gasteiger partial charge in [0.2, 0.25) is 0 Å². The molecular weight excluding hydrogens is 272 g/mol. The van der Waals surface area contributed by atoms with Gasteiger partial charge in [-0.1, -0.05) is 47.6 Å². The fourth-order valence-corrected chi connectivity index (χ4v) is 1.74. The molecule has 6 heteroatoms. The summed E-state index contributed by atoms with van der Waals surface area (Å²) >= 11 is 0. The van der Waals surface area contributed by atoms with Crippen molar-refractivity contribution in [3.63, 3.8) is 0 Å². The second kappa shape index (κ2) is 8.73. The maximum absolute atomic E-state index is 11.7.